The van der Waals surface area contributed by atoms with E-state index < -0.39 is 0 Å². The smallest absolute Gasteiger partial charge is 0.0499 e. The van der Waals surface area contributed by atoms with Crippen LogP contribution in [-0.2, 0) is 13.0 Å². The molecule has 1 aromatic heterocycles. The van der Waals surface area contributed by atoms with Crippen molar-refractivity contribution in [2.75, 3.05) is 6.54 Å². The number of aromatic nitrogens is 1. The van der Waals surface area contributed by atoms with Crippen molar-refractivity contribution in [1.82, 2.24) is 4.57 Å². The highest BCUT2D eigenvalue weighted by atomic mass is 35.5. The minimum atomic E-state index is 0.635. The minimum absolute atomic E-state index is 0.635. The number of hydrogen-bond acceptors (Lipinski definition) is 1. The van der Waals surface area contributed by atoms with Gasteiger partial charge >= 0.3 is 0 Å². The lowest BCUT2D eigenvalue weighted by Crippen LogP contribution is -2.24. The van der Waals surface area contributed by atoms with Crippen LogP contribution in [-0.4, -0.2) is 11.1 Å². The van der Waals surface area contributed by atoms with Gasteiger partial charge in [0.15, 0.2) is 0 Å². The van der Waals surface area contributed by atoms with Crippen molar-refractivity contribution in [3.8, 4) is 0 Å². The van der Waals surface area contributed by atoms with Crippen molar-refractivity contribution in [2.24, 2.45) is 11.7 Å². The Hall–Kier alpha value is -0.990. The second-order valence-electron chi connectivity index (χ2n) is 4.55. The van der Waals surface area contributed by atoms with E-state index in [0.29, 0.717) is 5.92 Å². The molecule has 0 amide bonds. The normalized spacial score (nSPS) is 20.0. The summed E-state index contributed by atoms with van der Waals surface area (Å²) in [5.74, 6) is 0.635. The summed E-state index contributed by atoms with van der Waals surface area (Å²) in [5.41, 5.74) is 8.39. The fourth-order valence-electron chi connectivity index (χ4n) is 2.65. The largest absolute Gasteiger partial charge is 0.345 e. The Balaban J connectivity index is 2.16. The van der Waals surface area contributed by atoms with Crippen LogP contribution in [0.4, 0.5) is 0 Å². The number of fused-ring (bicyclic) bond motifs is 3. The van der Waals surface area contributed by atoms with E-state index >= 15 is 0 Å². The highest BCUT2D eigenvalue weighted by molar-refractivity contribution is 6.35. The second kappa shape index (κ2) is 3.79. The van der Waals surface area contributed by atoms with Crippen LogP contribution in [0, 0.1) is 5.92 Å². The zero-order chi connectivity index (χ0) is 11.1. The lowest BCUT2D eigenvalue weighted by Gasteiger charge is -2.23. The summed E-state index contributed by atoms with van der Waals surface area (Å²) in [4.78, 5) is 0. The maximum absolute atomic E-state index is 6.21. The first-order valence-corrected chi connectivity index (χ1v) is 6.14. The molecule has 1 unspecified atom stereocenters. The average Bonchev–Trinajstić information content (AvgIpc) is 2.68. The second-order valence-corrected chi connectivity index (χ2v) is 4.96. The van der Waals surface area contributed by atoms with Crippen LogP contribution in [0.2, 0.25) is 5.02 Å². The number of aryl methyl sites for hydroxylation is 1. The number of hydrogen-bond donors (Lipinski definition) is 1. The molecule has 16 heavy (non-hydrogen) atoms. The van der Waals surface area contributed by atoms with Gasteiger partial charge in [-0.05, 0) is 43.5 Å². The minimum Gasteiger partial charge on any atom is -0.345 e. The van der Waals surface area contributed by atoms with Gasteiger partial charge in [-0.1, -0.05) is 17.7 Å². The molecule has 1 aliphatic rings. The van der Waals surface area contributed by atoms with Gasteiger partial charge in [0.05, 0.1) is 0 Å². The third-order valence-electron chi connectivity index (χ3n) is 3.57. The van der Waals surface area contributed by atoms with Crippen LogP contribution in [0.5, 0.6) is 0 Å². The molecule has 0 saturated heterocycles. The molecule has 0 radical (unpaired) electrons. The third kappa shape index (κ3) is 1.45. The quantitative estimate of drug-likeness (QED) is 0.808. The van der Waals surface area contributed by atoms with Gasteiger partial charge in [0, 0.05) is 28.2 Å². The maximum atomic E-state index is 6.21. The third-order valence-corrected chi connectivity index (χ3v) is 3.90. The Bertz CT molecular complexity index is 530. The number of benzene rings is 1. The standard InChI is InChI=1S/C13H15ClN2/c14-12-2-1-3-13-11(12)7-10-6-9(8-15)4-5-16(10)13/h1-3,7,9H,4-6,8,15H2. The molecular formula is C13H15ClN2. The van der Waals surface area contributed by atoms with Crippen molar-refractivity contribution in [3.05, 3.63) is 35.0 Å². The zero-order valence-electron chi connectivity index (χ0n) is 9.12. The monoisotopic (exact) mass is 234 g/mol. The molecule has 2 heterocycles. The van der Waals surface area contributed by atoms with Crippen molar-refractivity contribution in [2.45, 2.75) is 19.4 Å². The van der Waals surface area contributed by atoms with Gasteiger partial charge in [0.2, 0.25) is 0 Å². The number of nitrogens with two attached hydrogens (primary N) is 1. The molecule has 0 fully saturated rings. The summed E-state index contributed by atoms with van der Waals surface area (Å²) >= 11 is 6.21. The Morgan fingerprint density at radius 1 is 1.44 bits per heavy atom. The topological polar surface area (TPSA) is 30.9 Å². The molecule has 2 aromatic rings. The Kier molecular flexibility index (Phi) is 2.41. The van der Waals surface area contributed by atoms with Crippen LogP contribution in [0.15, 0.2) is 24.3 Å². The molecule has 3 heteroatoms. The van der Waals surface area contributed by atoms with E-state index in [-0.39, 0.29) is 0 Å². The van der Waals surface area contributed by atoms with E-state index in [0.717, 1.165) is 24.5 Å². The number of halogens is 1. The summed E-state index contributed by atoms with van der Waals surface area (Å²) in [7, 11) is 0. The van der Waals surface area contributed by atoms with E-state index in [2.05, 4.69) is 16.7 Å². The average molecular weight is 235 g/mol. The molecule has 1 aromatic carbocycles. The van der Waals surface area contributed by atoms with Gasteiger partial charge in [-0.2, -0.15) is 0 Å². The molecule has 0 bridgehead atoms. The highest BCUT2D eigenvalue weighted by Crippen LogP contribution is 2.31. The van der Waals surface area contributed by atoms with Crippen molar-refractivity contribution in [1.29, 1.82) is 0 Å². The van der Waals surface area contributed by atoms with Gasteiger partial charge in [-0.25, -0.2) is 0 Å². The highest BCUT2D eigenvalue weighted by Gasteiger charge is 2.20. The van der Waals surface area contributed by atoms with E-state index in [9.17, 15) is 0 Å². The van der Waals surface area contributed by atoms with E-state index in [1.165, 1.54) is 23.0 Å². The van der Waals surface area contributed by atoms with Gasteiger partial charge in [0.1, 0.15) is 0 Å². The summed E-state index contributed by atoms with van der Waals surface area (Å²) in [6.07, 6.45) is 2.27. The van der Waals surface area contributed by atoms with E-state index in [1.807, 2.05) is 12.1 Å². The molecular weight excluding hydrogens is 220 g/mol. The summed E-state index contributed by atoms with van der Waals surface area (Å²) in [6, 6.07) is 8.34. The van der Waals surface area contributed by atoms with E-state index in [1.54, 1.807) is 0 Å². The molecule has 0 aliphatic carbocycles. The summed E-state index contributed by atoms with van der Waals surface area (Å²) < 4.78 is 2.38. The Morgan fingerprint density at radius 2 is 2.31 bits per heavy atom. The van der Waals surface area contributed by atoms with E-state index in [4.69, 9.17) is 17.3 Å². The van der Waals surface area contributed by atoms with Gasteiger partial charge in [-0.3, -0.25) is 0 Å². The summed E-state index contributed by atoms with van der Waals surface area (Å²) in [6.45, 7) is 1.86. The van der Waals surface area contributed by atoms with Crippen LogP contribution in [0.1, 0.15) is 12.1 Å². The zero-order valence-corrected chi connectivity index (χ0v) is 9.87. The van der Waals surface area contributed by atoms with Crippen LogP contribution >= 0.6 is 11.6 Å². The SMILES string of the molecule is NCC1CCn2c(cc3c(Cl)cccc32)C1. The predicted octanol–water partition coefficient (Wildman–Crippen LogP) is 2.82. The first kappa shape index (κ1) is 10.2. The van der Waals surface area contributed by atoms with Crippen molar-refractivity contribution in [3.63, 3.8) is 0 Å². The fraction of sp³-hybridized carbons (Fsp3) is 0.385. The first-order valence-electron chi connectivity index (χ1n) is 5.76. The Labute approximate surface area is 100.0 Å². The van der Waals surface area contributed by atoms with Crippen LogP contribution in [0.3, 0.4) is 0 Å². The molecule has 1 aliphatic heterocycles. The van der Waals surface area contributed by atoms with Crippen LogP contribution in [0.25, 0.3) is 10.9 Å². The Morgan fingerprint density at radius 3 is 3.12 bits per heavy atom. The summed E-state index contributed by atoms with van der Waals surface area (Å²) in [5, 5.41) is 2.03. The van der Waals surface area contributed by atoms with Gasteiger partial charge < -0.3 is 10.3 Å². The molecule has 2 N–H and O–H groups in total. The number of nitrogens with zero attached hydrogens (tertiary/aromatic N) is 1. The van der Waals surface area contributed by atoms with Gasteiger partial charge in [-0.15, -0.1) is 0 Å². The lowest BCUT2D eigenvalue weighted by atomic mass is 9.96. The van der Waals surface area contributed by atoms with Gasteiger partial charge in [0.25, 0.3) is 0 Å². The predicted molar refractivity (Wildman–Crippen MR) is 67.8 cm³/mol. The lowest BCUT2D eigenvalue weighted by molar-refractivity contribution is 0.402. The molecule has 84 valence electrons. The molecule has 3 rings (SSSR count). The van der Waals surface area contributed by atoms with Crippen molar-refractivity contribution >= 4 is 22.5 Å². The van der Waals surface area contributed by atoms with Crippen LogP contribution < -0.4 is 5.73 Å². The maximum Gasteiger partial charge on any atom is 0.0499 e. The molecule has 0 saturated carbocycles. The molecule has 1 atom stereocenters. The molecule has 2 nitrogen and oxygen atoms in total. The number of rotatable bonds is 1. The van der Waals surface area contributed by atoms with Crippen molar-refractivity contribution < 1.29 is 0 Å². The fourth-order valence-corrected chi connectivity index (χ4v) is 2.87. The molecule has 0 spiro atoms. The first-order chi connectivity index (χ1) is 7.79.